The molecule has 4 nitrogen and oxygen atoms in total. The van der Waals surface area contributed by atoms with E-state index in [1.807, 2.05) is 152 Å². The minimum atomic E-state index is -0.378. The van der Waals surface area contributed by atoms with Crippen LogP contribution in [0.5, 0.6) is 11.5 Å². The standard InChI is InChI=1S/C25H14Cl2I3O2S.C25H15ClI3O2S/c26-16-3-9-20(10-4-16)33(21-11-5-17(27)6-12-21)19-7-1-15(2-8-19)25(31)32-24-22(29)13-18(28)14-23(24)30;26-17-8-12-21(13-9-17)32(19-4-2-1-3-5-19)20-10-6-16(7-11-20)25(30)31-24-22(28)14-18(27)15-23(24)29/h1-14H;1-15H/q2*+1. The number of esters is 2. The maximum Gasteiger partial charge on any atom is 0.343 e. The lowest BCUT2D eigenvalue weighted by Gasteiger charge is -2.11. The molecule has 0 aliphatic heterocycles. The van der Waals surface area contributed by atoms with Crippen molar-refractivity contribution in [2.45, 2.75) is 29.4 Å². The van der Waals surface area contributed by atoms with Crippen LogP contribution in [0, 0.1) is 21.4 Å². The maximum absolute atomic E-state index is 12.8. The summed E-state index contributed by atoms with van der Waals surface area (Å²) in [6.07, 6.45) is 0. The molecule has 0 spiro atoms. The first-order valence-corrected chi connectivity index (χ1v) is 29.0. The molecule has 1 unspecified atom stereocenters. The quantitative estimate of drug-likeness (QED) is 0.0593. The van der Waals surface area contributed by atoms with E-state index in [2.05, 4.69) is 160 Å². The molecule has 15 heteroatoms. The van der Waals surface area contributed by atoms with E-state index in [1.54, 1.807) is 0 Å². The van der Waals surface area contributed by atoms with Gasteiger partial charge < -0.3 is 9.47 Å². The molecule has 0 amide bonds. The molecule has 0 heterocycles. The zero-order valence-electron chi connectivity index (χ0n) is 33.1. The number of ether oxygens (including phenoxy) is 2. The zero-order valence-corrected chi connectivity index (χ0v) is 49.9. The number of benzene rings is 8. The number of hydrogen-bond donors (Lipinski definition) is 0. The molecule has 8 aromatic rings. The highest BCUT2D eigenvalue weighted by Gasteiger charge is 2.30. The van der Waals surface area contributed by atoms with Crippen molar-refractivity contribution < 1.29 is 19.1 Å². The van der Waals surface area contributed by atoms with Gasteiger partial charge in [0.25, 0.3) is 0 Å². The minimum absolute atomic E-state index is 0.306. The molecule has 0 bridgehead atoms. The Labute approximate surface area is 480 Å². The maximum atomic E-state index is 12.8. The summed E-state index contributed by atoms with van der Waals surface area (Å²) in [5.74, 6) is 0.454. The number of rotatable bonds is 10. The van der Waals surface area contributed by atoms with E-state index in [4.69, 9.17) is 44.3 Å². The predicted octanol–water partition coefficient (Wildman–Crippen LogP) is 17.6. The second-order valence-corrected chi connectivity index (χ2v) is 26.0. The monoisotopic (exact) mass is 1620 g/mol. The molecule has 8 rings (SSSR count). The van der Waals surface area contributed by atoms with Crippen LogP contribution in [-0.2, 0) is 21.8 Å². The molecule has 0 saturated carbocycles. The van der Waals surface area contributed by atoms with Crippen LogP contribution in [0.4, 0.5) is 0 Å². The van der Waals surface area contributed by atoms with Crippen LogP contribution in [0.15, 0.2) is 205 Å². The van der Waals surface area contributed by atoms with Gasteiger partial charge in [0.1, 0.15) is 0 Å². The summed E-state index contributed by atoms with van der Waals surface area (Å²) in [6, 6.07) is 57.2. The van der Waals surface area contributed by atoms with Crippen LogP contribution in [0.3, 0.4) is 0 Å². The highest BCUT2D eigenvalue weighted by atomic mass is 127. The lowest BCUT2D eigenvalue weighted by molar-refractivity contribution is 0.0722. The van der Waals surface area contributed by atoms with Gasteiger partial charge in [-0.25, -0.2) is 9.59 Å². The average Bonchev–Trinajstić information content (AvgIpc) is 3.29. The highest BCUT2D eigenvalue weighted by Crippen LogP contribution is 2.36. The fraction of sp³-hybridized carbons (Fsp3) is 0. The van der Waals surface area contributed by atoms with Crippen LogP contribution < -0.4 is 9.47 Å². The first-order chi connectivity index (χ1) is 31.2. The summed E-state index contributed by atoms with van der Waals surface area (Å²) in [4.78, 5) is 32.5. The second-order valence-electron chi connectivity index (χ2n) is 13.5. The van der Waals surface area contributed by atoms with Gasteiger partial charge in [-0.15, -0.1) is 0 Å². The summed E-state index contributed by atoms with van der Waals surface area (Å²) in [6.45, 7) is 0. The van der Waals surface area contributed by atoms with Crippen molar-refractivity contribution in [1.29, 1.82) is 0 Å². The third-order valence-corrected chi connectivity index (χ3v) is 18.8. The van der Waals surface area contributed by atoms with E-state index >= 15 is 0 Å². The predicted molar refractivity (Wildman–Crippen MR) is 317 cm³/mol. The van der Waals surface area contributed by atoms with Gasteiger partial charge in [-0.3, -0.25) is 0 Å². The fourth-order valence-electron chi connectivity index (χ4n) is 6.10. The highest BCUT2D eigenvalue weighted by molar-refractivity contribution is 14.1. The Balaban J connectivity index is 0.000000194. The average molecular weight is 1630 g/mol. The molecule has 0 fully saturated rings. The van der Waals surface area contributed by atoms with E-state index in [-0.39, 0.29) is 33.7 Å². The Kier molecular flexibility index (Phi) is 19.4. The summed E-state index contributed by atoms with van der Waals surface area (Å²) in [5.41, 5.74) is 1.02. The lowest BCUT2D eigenvalue weighted by Crippen LogP contribution is -2.11. The summed E-state index contributed by atoms with van der Waals surface area (Å²) in [7, 11) is -0.679. The van der Waals surface area contributed by atoms with Crippen molar-refractivity contribution in [2.24, 2.45) is 0 Å². The van der Waals surface area contributed by atoms with Gasteiger partial charge >= 0.3 is 11.9 Å². The van der Waals surface area contributed by atoms with Gasteiger partial charge in [0.15, 0.2) is 40.9 Å². The Bertz CT molecular complexity index is 2860. The lowest BCUT2D eigenvalue weighted by atomic mass is 10.2. The molecule has 0 radical (unpaired) electrons. The number of carbonyl (C=O) groups is 2. The van der Waals surface area contributed by atoms with E-state index in [0.29, 0.717) is 37.7 Å². The zero-order chi connectivity index (χ0) is 46.2. The van der Waals surface area contributed by atoms with E-state index in [9.17, 15) is 9.59 Å². The molecule has 0 saturated heterocycles. The van der Waals surface area contributed by atoms with Crippen LogP contribution in [0.2, 0.25) is 15.1 Å². The fourth-order valence-corrected chi connectivity index (χ4v) is 18.2. The van der Waals surface area contributed by atoms with Gasteiger partial charge in [0.2, 0.25) is 0 Å². The van der Waals surface area contributed by atoms with Crippen LogP contribution in [0.1, 0.15) is 20.7 Å². The smallest absolute Gasteiger partial charge is 0.343 e. The molecular formula is C50H29Cl3I6O4S2+2. The van der Waals surface area contributed by atoms with Gasteiger partial charge in [0.05, 0.1) is 47.2 Å². The van der Waals surface area contributed by atoms with Crippen molar-refractivity contribution in [1.82, 2.24) is 0 Å². The summed E-state index contributed by atoms with van der Waals surface area (Å²) < 4.78 is 17.3. The van der Waals surface area contributed by atoms with Crippen LogP contribution >= 0.6 is 170 Å². The number of hydrogen-bond acceptors (Lipinski definition) is 4. The molecule has 8 aromatic carbocycles. The largest absolute Gasteiger partial charge is 0.421 e. The van der Waals surface area contributed by atoms with Crippen molar-refractivity contribution in [3.8, 4) is 11.5 Å². The number of halogens is 9. The summed E-state index contributed by atoms with van der Waals surface area (Å²) >= 11 is 31.6. The van der Waals surface area contributed by atoms with E-state index < -0.39 is 0 Å². The van der Waals surface area contributed by atoms with Crippen molar-refractivity contribution in [3.05, 3.63) is 224 Å². The Morgan fingerprint density at radius 1 is 0.354 bits per heavy atom. The molecule has 1 atom stereocenters. The third-order valence-electron chi connectivity index (χ3n) is 9.09. The van der Waals surface area contributed by atoms with Crippen LogP contribution in [0.25, 0.3) is 0 Å². The van der Waals surface area contributed by atoms with Crippen molar-refractivity contribution in [2.75, 3.05) is 0 Å². The van der Waals surface area contributed by atoms with E-state index in [1.165, 1.54) is 9.79 Å². The molecule has 326 valence electrons. The Morgan fingerprint density at radius 3 is 0.877 bits per heavy atom. The SMILES string of the molecule is O=C(Oc1c(I)cc(I)cc1I)c1ccc([S+](c2ccc(Cl)cc2)c2ccc(Cl)cc2)cc1.O=C(Oc1c(I)cc(I)cc1I)c1ccc([S+](c2ccccc2)c2ccc(Cl)cc2)cc1. The first-order valence-electron chi connectivity index (χ1n) is 19.0. The summed E-state index contributed by atoms with van der Waals surface area (Å²) in [5, 5.41) is 2.09. The molecule has 0 aliphatic rings. The van der Waals surface area contributed by atoms with Crippen molar-refractivity contribution >= 4 is 204 Å². The molecule has 0 N–H and O–H groups in total. The minimum Gasteiger partial charge on any atom is -0.421 e. The molecule has 0 aliphatic carbocycles. The van der Waals surface area contributed by atoms with Crippen LogP contribution in [-0.4, -0.2) is 11.9 Å². The van der Waals surface area contributed by atoms with Gasteiger partial charge in [-0.2, -0.15) is 0 Å². The molecule has 0 aromatic heterocycles. The molecular weight excluding hydrogens is 1600 g/mol. The van der Waals surface area contributed by atoms with Gasteiger partial charge in [0, 0.05) is 22.2 Å². The topological polar surface area (TPSA) is 52.6 Å². The van der Waals surface area contributed by atoms with Gasteiger partial charge in [-0.05, 0) is 293 Å². The Hall–Kier alpha value is -1.35. The molecule has 65 heavy (non-hydrogen) atoms. The third kappa shape index (κ3) is 13.9. The van der Waals surface area contributed by atoms with Crippen molar-refractivity contribution in [3.63, 3.8) is 0 Å². The first kappa shape index (κ1) is 51.5. The van der Waals surface area contributed by atoms with Gasteiger partial charge in [-0.1, -0.05) is 53.0 Å². The van der Waals surface area contributed by atoms with E-state index in [0.717, 1.165) is 41.0 Å². The Morgan fingerprint density at radius 2 is 0.600 bits per heavy atom. The second kappa shape index (κ2) is 24.5. The normalized spacial score (nSPS) is 11.4. The number of carbonyl (C=O) groups excluding carboxylic acids is 2.